The average Bonchev–Trinajstić information content (AvgIpc) is 3.40. The van der Waals surface area contributed by atoms with Gasteiger partial charge in [0, 0.05) is 11.8 Å². The number of fused-ring (bicyclic) bond motifs is 1. The van der Waals surface area contributed by atoms with E-state index < -0.39 is 23.2 Å². The maximum absolute atomic E-state index is 13.4. The van der Waals surface area contributed by atoms with Gasteiger partial charge in [-0.25, -0.2) is 14.2 Å². The van der Waals surface area contributed by atoms with E-state index in [1.165, 1.54) is 16.8 Å². The lowest BCUT2D eigenvalue weighted by atomic mass is 10.1. The van der Waals surface area contributed by atoms with Crippen LogP contribution in [0.5, 0.6) is 5.88 Å². The standard InChI is InChI=1S/C20H16F4N8O2/c21-11-2-1-9(13(6-11)20(22,23)24)7-25-17-29-15-10(5-14-16(33)30-19(34)28-14)8-26-32(15)18(31-17)27-12-3-4-12/h1-2,5-6,8,12,33H,3-4,7H2,(H,25,27,31)(H2,28,30,34)/b10-5+. The molecule has 1 fully saturated rings. The highest BCUT2D eigenvalue weighted by molar-refractivity contribution is 5.57. The number of H-pyrrole nitrogens is 2. The third-order valence-electron chi connectivity index (χ3n) is 5.07. The third-order valence-corrected chi connectivity index (χ3v) is 5.07. The van der Waals surface area contributed by atoms with Crippen LogP contribution < -0.4 is 21.8 Å². The van der Waals surface area contributed by atoms with Crippen molar-refractivity contribution < 1.29 is 22.7 Å². The summed E-state index contributed by atoms with van der Waals surface area (Å²) in [5.74, 6) is -1.40. The number of aromatic amines is 2. The molecule has 0 unspecified atom stereocenters. The number of aromatic hydroxyl groups is 1. The minimum absolute atomic E-state index is 0.0220. The van der Waals surface area contributed by atoms with Gasteiger partial charge in [-0.1, -0.05) is 6.07 Å². The van der Waals surface area contributed by atoms with Crippen LogP contribution in [-0.2, 0) is 12.7 Å². The summed E-state index contributed by atoms with van der Waals surface area (Å²) in [5, 5.41) is 17.2. The number of rotatable bonds is 5. The van der Waals surface area contributed by atoms with E-state index in [1.54, 1.807) is 0 Å². The Hall–Kier alpha value is -4.23. The van der Waals surface area contributed by atoms with E-state index >= 15 is 0 Å². The molecule has 4 N–H and O–H groups in total. The van der Waals surface area contributed by atoms with Gasteiger partial charge in [0.25, 0.3) is 5.62 Å². The van der Waals surface area contributed by atoms with Crippen LogP contribution >= 0.6 is 0 Å². The van der Waals surface area contributed by atoms with Crippen molar-refractivity contribution in [2.45, 2.75) is 31.6 Å². The monoisotopic (exact) mass is 476 g/mol. The van der Waals surface area contributed by atoms with E-state index in [-0.39, 0.29) is 46.9 Å². The normalized spacial score (nSPS) is 15.4. The number of anilines is 1. The number of nitrogens with one attached hydrogen (secondary N) is 3. The molecule has 176 valence electrons. The Morgan fingerprint density at radius 2 is 2.06 bits per heavy atom. The fourth-order valence-corrected chi connectivity index (χ4v) is 3.30. The minimum Gasteiger partial charge on any atom is -0.493 e. The molecule has 1 saturated carbocycles. The van der Waals surface area contributed by atoms with Gasteiger partial charge >= 0.3 is 11.9 Å². The summed E-state index contributed by atoms with van der Waals surface area (Å²) in [5.41, 5.74) is -1.37. The molecular formula is C20H16F4N8O2. The molecule has 1 aliphatic carbocycles. The van der Waals surface area contributed by atoms with Crippen molar-refractivity contribution in [1.82, 2.24) is 29.5 Å². The SMILES string of the molecule is O=c1[nH]c(O)c(/C=c2\cnn3c(=NC4CC4)nc(NCc4ccc(F)cc4C(F)(F)F)nc23)[nH]1. The molecule has 14 heteroatoms. The lowest BCUT2D eigenvalue weighted by Crippen LogP contribution is -2.25. The lowest BCUT2D eigenvalue weighted by Gasteiger charge is -2.13. The maximum atomic E-state index is 13.4. The van der Waals surface area contributed by atoms with Crippen molar-refractivity contribution in [3.05, 3.63) is 68.4 Å². The topological polar surface area (TPSA) is 136 Å². The van der Waals surface area contributed by atoms with Crippen molar-refractivity contribution in [3.63, 3.8) is 0 Å². The van der Waals surface area contributed by atoms with Gasteiger partial charge in [0.15, 0.2) is 5.65 Å². The Balaban J connectivity index is 1.57. The molecule has 0 atom stereocenters. The summed E-state index contributed by atoms with van der Waals surface area (Å²) in [4.78, 5) is 29.1. The number of nitrogens with zero attached hydrogens (tertiary/aromatic N) is 5. The van der Waals surface area contributed by atoms with Gasteiger partial charge in [-0.05, 0) is 36.6 Å². The Morgan fingerprint density at radius 3 is 2.74 bits per heavy atom. The highest BCUT2D eigenvalue weighted by atomic mass is 19.4. The van der Waals surface area contributed by atoms with Crippen LogP contribution in [-0.4, -0.2) is 40.7 Å². The van der Waals surface area contributed by atoms with Gasteiger partial charge in [-0.3, -0.25) is 4.98 Å². The largest absolute Gasteiger partial charge is 0.493 e. The molecular weight excluding hydrogens is 460 g/mol. The molecule has 0 spiro atoms. The molecule has 0 aliphatic heterocycles. The number of benzene rings is 1. The summed E-state index contributed by atoms with van der Waals surface area (Å²) in [6.45, 7) is -0.326. The second kappa shape index (κ2) is 7.97. The number of halogens is 4. The fourth-order valence-electron chi connectivity index (χ4n) is 3.30. The number of hydrogen-bond donors (Lipinski definition) is 4. The van der Waals surface area contributed by atoms with E-state index in [0.717, 1.165) is 25.0 Å². The first-order valence-electron chi connectivity index (χ1n) is 10.1. The van der Waals surface area contributed by atoms with E-state index in [9.17, 15) is 27.5 Å². The highest BCUT2D eigenvalue weighted by Crippen LogP contribution is 2.32. The van der Waals surface area contributed by atoms with Crippen LogP contribution in [0.2, 0.25) is 0 Å². The summed E-state index contributed by atoms with van der Waals surface area (Å²) in [6.07, 6.45) is -0.143. The van der Waals surface area contributed by atoms with Gasteiger partial charge < -0.3 is 15.4 Å². The van der Waals surface area contributed by atoms with Crippen LogP contribution in [0.15, 0.2) is 34.2 Å². The second-order valence-electron chi connectivity index (χ2n) is 7.68. The molecule has 1 aromatic carbocycles. The number of alkyl halides is 3. The predicted molar refractivity (Wildman–Crippen MR) is 110 cm³/mol. The predicted octanol–water partition coefficient (Wildman–Crippen LogP) is 1.23. The third kappa shape index (κ3) is 4.33. The van der Waals surface area contributed by atoms with Crippen LogP contribution in [0.3, 0.4) is 0 Å². The molecule has 0 bridgehead atoms. The summed E-state index contributed by atoms with van der Waals surface area (Å²) >= 11 is 0. The zero-order chi connectivity index (χ0) is 24.0. The summed E-state index contributed by atoms with van der Waals surface area (Å²) < 4.78 is 54.7. The Labute approximate surface area is 186 Å². The molecule has 0 amide bonds. The number of aromatic nitrogens is 6. The average molecular weight is 476 g/mol. The minimum atomic E-state index is -4.74. The van der Waals surface area contributed by atoms with Crippen LogP contribution in [0.4, 0.5) is 23.5 Å². The highest BCUT2D eigenvalue weighted by Gasteiger charge is 2.33. The van der Waals surface area contributed by atoms with Gasteiger partial charge in [0.1, 0.15) is 11.5 Å². The first-order chi connectivity index (χ1) is 16.2. The summed E-state index contributed by atoms with van der Waals surface area (Å²) in [6, 6.07) is 2.48. The van der Waals surface area contributed by atoms with E-state index in [0.29, 0.717) is 11.3 Å². The Kier molecular flexibility index (Phi) is 5.06. The summed E-state index contributed by atoms with van der Waals surface area (Å²) in [7, 11) is 0. The van der Waals surface area contributed by atoms with E-state index in [2.05, 4.69) is 35.3 Å². The van der Waals surface area contributed by atoms with Gasteiger partial charge in [-0.15, -0.1) is 0 Å². The molecule has 10 nitrogen and oxygen atoms in total. The second-order valence-corrected chi connectivity index (χ2v) is 7.68. The molecule has 1 aliphatic rings. The number of hydrogen-bond acceptors (Lipinski definition) is 7. The zero-order valence-electron chi connectivity index (χ0n) is 17.2. The van der Waals surface area contributed by atoms with Crippen molar-refractivity contribution >= 4 is 17.7 Å². The van der Waals surface area contributed by atoms with Gasteiger partial charge in [0.05, 0.1) is 17.8 Å². The Morgan fingerprint density at radius 1 is 1.26 bits per heavy atom. The van der Waals surface area contributed by atoms with E-state index in [1.807, 2.05) is 0 Å². The zero-order valence-corrected chi connectivity index (χ0v) is 17.2. The molecule has 3 heterocycles. The number of imidazole rings is 1. The van der Waals surface area contributed by atoms with Crippen molar-refractivity contribution in [1.29, 1.82) is 0 Å². The Bertz CT molecular complexity index is 1570. The van der Waals surface area contributed by atoms with Gasteiger partial charge in [0.2, 0.25) is 11.8 Å². The molecule has 0 radical (unpaired) electrons. The molecule has 34 heavy (non-hydrogen) atoms. The van der Waals surface area contributed by atoms with Crippen molar-refractivity contribution in [2.24, 2.45) is 4.99 Å². The van der Waals surface area contributed by atoms with Crippen LogP contribution in [0, 0.1) is 5.82 Å². The molecule has 0 saturated heterocycles. The maximum Gasteiger partial charge on any atom is 0.416 e. The van der Waals surface area contributed by atoms with Crippen LogP contribution in [0.1, 0.15) is 29.7 Å². The first-order valence-corrected chi connectivity index (χ1v) is 10.1. The van der Waals surface area contributed by atoms with Crippen molar-refractivity contribution in [3.8, 4) is 5.88 Å². The van der Waals surface area contributed by atoms with Gasteiger partial charge in [-0.2, -0.15) is 32.8 Å². The molecule has 5 rings (SSSR count). The van der Waals surface area contributed by atoms with Crippen LogP contribution in [0.25, 0.3) is 11.7 Å². The first kappa shape index (κ1) is 21.6. The lowest BCUT2D eigenvalue weighted by molar-refractivity contribution is -0.138. The van der Waals surface area contributed by atoms with E-state index in [4.69, 9.17) is 0 Å². The molecule has 3 aromatic heterocycles. The van der Waals surface area contributed by atoms with Crippen molar-refractivity contribution in [2.75, 3.05) is 5.32 Å². The fraction of sp³-hybridized carbons (Fsp3) is 0.250. The smallest absolute Gasteiger partial charge is 0.416 e. The quantitative estimate of drug-likeness (QED) is 0.320. The molecule has 4 aromatic rings.